The van der Waals surface area contributed by atoms with E-state index >= 15 is 0 Å². The zero-order chi connectivity index (χ0) is 13.9. The maximum Gasteiger partial charge on any atom is 0.408 e. The van der Waals surface area contributed by atoms with E-state index in [-0.39, 0.29) is 0 Å². The van der Waals surface area contributed by atoms with Crippen molar-refractivity contribution >= 4 is 15.9 Å². The molecule has 0 radical (unpaired) electrons. The zero-order valence-corrected chi connectivity index (χ0v) is 11.2. The van der Waals surface area contributed by atoms with Crippen molar-refractivity contribution in [2.75, 3.05) is 0 Å². The highest BCUT2D eigenvalue weighted by Gasteiger charge is 2.28. The molecule has 0 aliphatic rings. The van der Waals surface area contributed by atoms with Gasteiger partial charge in [-0.05, 0) is 18.2 Å². The lowest BCUT2D eigenvalue weighted by molar-refractivity contribution is -0.142. The summed E-state index contributed by atoms with van der Waals surface area (Å²) in [6.45, 7) is -1.11. The number of benzene rings is 1. The molecule has 1 heterocycles. The fourth-order valence-electron chi connectivity index (χ4n) is 1.41. The molecule has 1 aromatic heterocycles. The summed E-state index contributed by atoms with van der Waals surface area (Å²) >= 11 is 3.32. The summed E-state index contributed by atoms with van der Waals surface area (Å²) in [5.41, 5.74) is 1.22. The average Bonchev–Trinajstić information content (AvgIpc) is 2.72. The molecule has 0 saturated heterocycles. The van der Waals surface area contributed by atoms with Crippen LogP contribution in [0.25, 0.3) is 0 Å². The first-order valence-corrected chi connectivity index (χ1v) is 6.08. The molecular formula is C13H8BrF3N2. The van der Waals surface area contributed by atoms with Crippen LogP contribution < -0.4 is 0 Å². The van der Waals surface area contributed by atoms with Crippen molar-refractivity contribution in [2.45, 2.75) is 12.7 Å². The van der Waals surface area contributed by atoms with Gasteiger partial charge in [0.15, 0.2) is 0 Å². The molecule has 19 heavy (non-hydrogen) atoms. The minimum atomic E-state index is -4.28. The molecule has 0 spiro atoms. The Bertz CT molecular complexity index is 635. The minimum absolute atomic E-state index is 0.448. The van der Waals surface area contributed by atoms with E-state index in [4.69, 9.17) is 0 Å². The van der Waals surface area contributed by atoms with Gasteiger partial charge < -0.3 is 0 Å². The SMILES string of the molecule is FC(F)(F)Cn1cc(C#Cc2cccc(Br)c2)cn1. The fourth-order valence-corrected chi connectivity index (χ4v) is 1.81. The first-order valence-electron chi connectivity index (χ1n) is 5.29. The van der Waals surface area contributed by atoms with E-state index in [2.05, 4.69) is 32.9 Å². The molecule has 2 aromatic rings. The number of hydrogen-bond acceptors (Lipinski definition) is 1. The topological polar surface area (TPSA) is 17.8 Å². The van der Waals surface area contributed by atoms with Gasteiger partial charge in [-0.15, -0.1) is 0 Å². The molecule has 0 amide bonds. The Morgan fingerprint density at radius 1 is 1.21 bits per heavy atom. The standard InChI is InChI=1S/C13H8BrF3N2/c14-12-3-1-2-10(6-12)4-5-11-7-18-19(8-11)9-13(15,16)17/h1-3,6-8H,9H2. The van der Waals surface area contributed by atoms with E-state index in [9.17, 15) is 13.2 Å². The lowest BCUT2D eigenvalue weighted by atomic mass is 10.2. The maximum atomic E-state index is 12.1. The molecule has 98 valence electrons. The van der Waals surface area contributed by atoms with Crippen LogP contribution >= 0.6 is 15.9 Å². The van der Waals surface area contributed by atoms with Gasteiger partial charge >= 0.3 is 6.18 Å². The molecular weight excluding hydrogens is 321 g/mol. The van der Waals surface area contributed by atoms with Gasteiger partial charge in [0, 0.05) is 16.2 Å². The van der Waals surface area contributed by atoms with E-state index in [0.717, 1.165) is 14.7 Å². The van der Waals surface area contributed by atoms with Crippen LogP contribution in [0.2, 0.25) is 0 Å². The van der Waals surface area contributed by atoms with Crippen LogP contribution in [0.1, 0.15) is 11.1 Å². The van der Waals surface area contributed by atoms with Crippen molar-refractivity contribution in [3.63, 3.8) is 0 Å². The van der Waals surface area contributed by atoms with Gasteiger partial charge in [-0.2, -0.15) is 18.3 Å². The zero-order valence-electron chi connectivity index (χ0n) is 9.58. The van der Waals surface area contributed by atoms with E-state index in [1.54, 1.807) is 0 Å². The highest BCUT2D eigenvalue weighted by Crippen LogP contribution is 2.17. The predicted molar refractivity (Wildman–Crippen MR) is 68.4 cm³/mol. The highest BCUT2D eigenvalue weighted by atomic mass is 79.9. The monoisotopic (exact) mass is 328 g/mol. The summed E-state index contributed by atoms with van der Waals surface area (Å²) in [6, 6.07) is 7.35. The Hall–Kier alpha value is -1.74. The first kappa shape index (κ1) is 13.7. The van der Waals surface area contributed by atoms with Gasteiger partial charge in [-0.3, -0.25) is 4.68 Å². The Balaban J connectivity index is 2.13. The van der Waals surface area contributed by atoms with Gasteiger partial charge in [-0.25, -0.2) is 0 Å². The number of alkyl halides is 3. The Kier molecular flexibility index (Phi) is 3.96. The second kappa shape index (κ2) is 5.49. The molecule has 6 heteroatoms. The van der Waals surface area contributed by atoms with Crippen molar-refractivity contribution in [2.24, 2.45) is 0 Å². The lowest BCUT2D eigenvalue weighted by Crippen LogP contribution is -2.17. The largest absolute Gasteiger partial charge is 0.408 e. The number of halogens is 4. The van der Waals surface area contributed by atoms with Gasteiger partial charge in [0.2, 0.25) is 0 Å². The Morgan fingerprint density at radius 2 is 1.95 bits per heavy atom. The van der Waals surface area contributed by atoms with Crippen LogP contribution in [0.5, 0.6) is 0 Å². The molecule has 2 nitrogen and oxygen atoms in total. The van der Waals surface area contributed by atoms with Crippen LogP contribution in [-0.4, -0.2) is 16.0 Å². The van der Waals surface area contributed by atoms with E-state index < -0.39 is 12.7 Å². The second-order valence-corrected chi connectivity index (χ2v) is 4.72. The quantitative estimate of drug-likeness (QED) is 0.731. The van der Waals surface area contributed by atoms with Crippen LogP contribution in [0, 0.1) is 11.8 Å². The van der Waals surface area contributed by atoms with Gasteiger partial charge in [0.25, 0.3) is 0 Å². The maximum absolute atomic E-state index is 12.1. The molecule has 0 saturated carbocycles. The van der Waals surface area contributed by atoms with Crippen LogP contribution in [0.4, 0.5) is 13.2 Å². The first-order chi connectivity index (χ1) is 8.92. The number of rotatable bonds is 1. The summed E-state index contributed by atoms with van der Waals surface area (Å²) < 4.78 is 38.2. The third kappa shape index (κ3) is 4.45. The van der Waals surface area contributed by atoms with E-state index in [1.807, 2.05) is 24.3 Å². The second-order valence-electron chi connectivity index (χ2n) is 3.80. The smallest absolute Gasteiger partial charge is 0.262 e. The normalized spacial score (nSPS) is 10.9. The lowest BCUT2D eigenvalue weighted by Gasteiger charge is -2.04. The van der Waals surface area contributed by atoms with Crippen molar-refractivity contribution < 1.29 is 13.2 Å². The molecule has 0 unspecified atom stereocenters. The molecule has 0 aliphatic carbocycles. The number of aromatic nitrogens is 2. The van der Waals surface area contributed by atoms with E-state index in [1.165, 1.54) is 12.4 Å². The fraction of sp³-hybridized carbons (Fsp3) is 0.154. The van der Waals surface area contributed by atoms with Crippen LogP contribution in [0.3, 0.4) is 0 Å². The van der Waals surface area contributed by atoms with E-state index in [0.29, 0.717) is 5.56 Å². The van der Waals surface area contributed by atoms with Gasteiger partial charge in [0.1, 0.15) is 6.54 Å². The Morgan fingerprint density at radius 3 is 2.63 bits per heavy atom. The molecule has 0 atom stereocenters. The van der Waals surface area contributed by atoms with Crippen LogP contribution in [-0.2, 0) is 6.54 Å². The Labute approximate surface area is 116 Å². The van der Waals surface area contributed by atoms with Crippen molar-refractivity contribution in [1.82, 2.24) is 9.78 Å². The van der Waals surface area contributed by atoms with Crippen molar-refractivity contribution in [3.05, 3.63) is 52.3 Å². The van der Waals surface area contributed by atoms with Gasteiger partial charge in [0.05, 0.1) is 11.8 Å². The van der Waals surface area contributed by atoms with Gasteiger partial charge in [-0.1, -0.05) is 33.8 Å². The number of hydrogen-bond donors (Lipinski definition) is 0. The summed E-state index contributed by atoms with van der Waals surface area (Å²) in [5.74, 6) is 5.64. The van der Waals surface area contributed by atoms with Crippen molar-refractivity contribution in [1.29, 1.82) is 0 Å². The highest BCUT2D eigenvalue weighted by molar-refractivity contribution is 9.10. The molecule has 0 N–H and O–H groups in total. The summed E-state index contributed by atoms with van der Waals surface area (Å²) in [4.78, 5) is 0. The average molecular weight is 329 g/mol. The predicted octanol–water partition coefficient (Wildman–Crippen LogP) is 3.61. The molecule has 0 fully saturated rings. The molecule has 2 rings (SSSR count). The van der Waals surface area contributed by atoms with Crippen LogP contribution in [0.15, 0.2) is 41.1 Å². The molecule has 1 aromatic carbocycles. The number of nitrogens with zero attached hydrogens (tertiary/aromatic N) is 2. The third-order valence-corrected chi connectivity index (χ3v) is 2.64. The molecule has 0 bridgehead atoms. The summed E-state index contributed by atoms with van der Waals surface area (Å²) in [7, 11) is 0. The third-order valence-electron chi connectivity index (χ3n) is 2.15. The molecule has 0 aliphatic heterocycles. The summed E-state index contributed by atoms with van der Waals surface area (Å²) in [5, 5.41) is 3.62. The van der Waals surface area contributed by atoms with Crippen molar-refractivity contribution in [3.8, 4) is 11.8 Å². The summed E-state index contributed by atoms with van der Waals surface area (Å²) in [6.07, 6.45) is -1.68. The minimum Gasteiger partial charge on any atom is -0.262 e.